The van der Waals surface area contributed by atoms with Crippen LogP contribution in [0.2, 0.25) is 0 Å². The summed E-state index contributed by atoms with van der Waals surface area (Å²) in [7, 11) is 0. The molecule has 0 N–H and O–H groups in total. The van der Waals surface area contributed by atoms with Crippen molar-refractivity contribution in [3.8, 4) is 0 Å². The minimum atomic E-state index is -0.391. The molecule has 0 aromatic heterocycles. The van der Waals surface area contributed by atoms with Crippen molar-refractivity contribution in [2.24, 2.45) is 0 Å². The average Bonchev–Trinajstić information content (AvgIpc) is 2.32. The fourth-order valence-electron chi connectivity index (χ4n) is 2.19. The molecule has 0 amide bonds. The third kappa shape index (κ3) is 1.63. The van der Waals surface area contributed by atoms with Gasteiger partial charge < -0.3 is 0 Å². The van der Waals surface area contributed by atoms with E-state index >= 15 is 0 Å². The van der Waals surface area contributed by atoms with Crippen LogP contribution in [-0.4, -0.2) is 5.78 Å². The van der Waals surface area contributed by atoms with Crippen molar-refractivity contribution in [1.29, 1.82) is 0 Å². The average molecular weight is 212 g/mol. The van der Waals surface area contributed by atoms with Gasteiger partial charge in [0.2, 0.25) is 0 Å². The lowest BCUT2D eigenvalue weighted by Crippen LogP contribution is -2.33. The highest BCUT2D eigenvalue weighted by Gasteiger charge is 2.35. The zero-order valence-electron chi connectivity index (χ0n) is 9.73. The van der Waals surface area contributed by atoms with Gasteiger partial charge in [-0.2, -0.15) is 0 Å². The molecule has 0 saturated carbocycles. The molecule has 0 fully saturated rings. The first kappa shape index (κ1) is 10.9. The molecule has 0 heterocycles. The lowest BCUT2D eigenvalue weighted by molar-refractivity contribution is -0.119. The van der Waals surface area contributed by atoms with E-state index in [1.54, 1.807) is 6.08 Å². The molecule has 0 spiro atoms. The van der Waals surface area contributed by atoms with E-state index in [1.807, 2.05) is 38.1 Å². The van der Waals surface area contributed by atoms with E-state index in [-0.39, 0.29) is 5.78 Å². The Labute approximate surface area is 96.5 Å². The molecule has 2 rings (SSSR count). The minimum absolute atomic E-state index is 0.198. The summed E-state index contributed by atoms with van der Waals surface area (Å²) >= 11 is 0. The van der Waals surface area contributed by atoms with Crippen LogP contribution in [0.15, 0.2) is 42.5 Å². The molecular formula is C15H16O. The maximum atomic E-state index is 12.1. The molecule has 0 saturated heterocycles. The Morgan fingerprint density at radius 2 is 2.00 bits per heavy atom. The third-order valence-corrected chi connectivity index (χ3v) is 3.28. The summed E-state index contributed by atoms with van der Waals surface area (Å²) in [6.07, 6.45) is 8.44. The van der Waals surface area contributed by atoms with Crippen LogP contribution >= 0.6 is 0 Å². The lowest BCUT2D eigenvalue weighted by atomic mass is 9.71. The molecule has 1 nitrogen and oxygen atoms in total. The predicted molar refractivity (Wildman–Crippen MR) is 67.3 cm³/mol. The van der Waals surface area contributed by atoms with Crippen LogP contribution in [0.25, 0.3) is 6.08 Å². The van der Waals surface area contributed by atoms with Gasteiger partial charge in [0.15, 0.2) is 5.78 Å². The predicted octanol–water partition coefficient (Wildman–Crippen LogP) is 3.51. The van der Waals surface area contributed by atoms with Gasteiger partial charge in [0.25, 0.3) is 0 Å². The topological polar surface area (TPSA) is 17.1 Å². The van der Waals surface area contributed by atoms with Gasteiger partial charge in [-0.15, -0.1) is 0 Å². The SMILES string of the molecule is C/C=C/CC1(C)C(=O)C=Cc2ccccc21. The standard InChI is InChI=1S/C15H16O/c1-3-4-11-15(2)13-8-6-5-7-12(13)9-10-14(15)16/h3-10H,11H2,1-2H3/b4-3+. The van der Waals surface area contributed by atoms with Crippen molar-refractivity contribution in [3.05, 3.63) is 53.6 Å². The van der Waals surface area contributed by atoms with Crippen LogP contribution in [0.5, 0.6) is 0 Å². The van der Waals surface area contributed by atoms with Gasteiger partial charge in [-0.05, 0) is 37.5 Å². The number of hydrogen-bond donors (Lipinski definition) is 0. The van der Waals surface area contributed by atoms with Crippen LogP contribution in [0, 0.1) is 0 Å². The summed E-state index contributed by atoms with van der Waals surface area (Å²) in [4.78, 5) is 12.1. The second-order valence-electron chi connectivity index (χ2n) is 4.39. The molecule has 82 valence electrons. The molecule has 1 heteroatoms. The number of hydrogen-bond acceptors (Lipinski definition) is 1. The zero-order chi connectivity index (χ0) is 11.6. The number of ketones is 1. The summed E-state index contributed by atoms with van der Waals surface area (Å²) in [6, 6.07) is 8.13. The number of allylic oxidation sites excluding steroid dienone is 3. The quantitative estimate of drug-likeness (QED) is 0.686. The van der Waals surface area contributed by atoms with E-state index in [4.69, 9.17) is 0 Å². The second-order valence-corrected chi connectivity index (χ2v) is 4.39. The van der Waals surface area contributed by atoms with Crippen LogP contribution in [-0.2, 0) is 10.2 Å². The maximum Gasteiger partial charge on any atom is 0.166 e. The molecule has 1 atom stereocenters. The maximum absolute atomic E-state index is 12.1. The fraction of sp³-hybridized carbons (Fsp3) is 0.267. The Morgan fingerprint density at radius 3 is 2.75 bits per heavy atom. The van der Waals surface area contributed by atoms with E-state index in [1.165, 1.54) is 0 Å². The summed E-state index contributed by atoms with van der Waals surface area (Å²) in [5.41, 5.74) is 1.91. The molecule has 16 heavy (non-hydrogen) atoms. The van der Waals surface area contributed by atoms with E-state index in [9.17, 15) is 4.79 Å². The number of benzene rings is 1. The van der Waals surface area contributed by atoms with E-state index < -0.39 is 5.41 Å². The Morgan fingerprint density at radius 1 is 1.25 bits per heavy atom. The Kier molecular flexibility index (Phi) is 2.78. The van der Waals surface area contributed by atoms with Gasteiger partial charge in [-0.25, -0.2) is 0 Å². The summed E-state index contributed by atoms with van der Waals surface area (Å²) in [6.45, 7) is 4.01. The first-order valence-corrected chi connectivity index (χ1v) is 5.61. The molecule has 1 aromatic carbocycles. The Bertz CT molecular complexity index is 468. The first-order chi connectivity index (χ1) is 7.68. The highest BCUT2D eigenvalue weighted by atomic mass is 16.1. The number of carbonyl (C=O) groups is 1. The third-order valence-electron chi connectivity index (χ3n) is 3.28. The monoisotopic (exact) mass is 212 g/mol. The number of fused-ring (bicyclic) bond motifs is 1. The molecular weight excluding hydrogens is 196 g/mol. The van der Waals surface area contributed by atoms with Crippen molar-refractivity contribution < 1.29 is 4.79 Å². The molecule has 1 aliphatic carbocycles. The van der Waals surface area contributed by atoms with Crippen LogP contribution in [0.4, 0.5) is 0 Å². The molecule has 1 unspecified atom stereocenters. The first-order valence-electron chi connectivity index (χ1n) is 5.61. The lowest BCUT2D eigenvalue weighted by Gasteiger charge is -2.30. The van der Waals surface area contributed by atoms with Crippen LogP contribution in [0.3, 0.4) is 0 Å². The summed E-state index contributed by atoms with van der Waals surface area (Å²) < 4.78 is 0. The normalized spacial score (nSPS) is 23.8. The van der Waals surface area contributed by atoms with Crippen molar-refractivity contribution in [3.63, 3.8) is 0 Å². The molecule has 0 radical (unpaired) electrons. The summed E-state index contributed by atoms with van der Waals surface area (Å²) in [5, 5.41) is 0. The Hall–Kier alpha value is -1.63. The highest BCUT2D eigenvalue weighted by Crippen LogP contribution is 2.36. The number of carbonyl (C=O) groups excluding carboxylic acids is 1. The molecule has 0 aliphatic heterocycles. The van der Waals surface area contributed by atoms with Crippen molar-refractivity contribution in [2.45, 2.75) is 25.7 Å². The Balaban J connectivity index is 2.52. The van der Waals surface area contributed by atoms with Crippen LogP contribution < -0.4 is 0 Å². The summed E-state index contributed by atoms with van der Waals surface area (Å²) in [5.74, 6) is 0.198. The largest absolute Gasteiger partial charge is 0.294 e. The van der Waals surface area contributed by atoms with Gasteiger partial charge in [-0.3, -0.25) is 4.79 Å². The van der Waals surface area contributed by atoms with E-state index in [0.717, 1.165) is 17.5 Å². The van der Waals surface area contributed by atoms with E-state index in [2.05, 4.69) is 18.2 Å². The number of rotatable bonds is 2. The zero-order valence-corrected chi connectivity index (χ0v) is 9.73. The second kappa shape index (κ2) is 4.09. The van der Waals surface area contributed by atoms with Crippen LogP contribution in [0.1, 0.15) is 31.4 Å². The van der Waals surface area contributed by atoms with E-state index in [0.29, 0.717) is 0 Å². The smallest absolute Gasteiger partial charge is 0.166 e. The van der Waals surface area contributed by atoms with Crippen molar-refractivity contribution in [1.82, 2.24) is 0 Å². The van der Waals surface area contributed by atoms with Gasteiger partial charge in [0, 0.05) is 0 Å². The fourth-order valence-corrected chi connectivity index (χ4v) is 2.19. The van der Waals surface area contributed by atoms with Gasteiger partial charge in [0.1, 0.15) is 0 Å². The highest BCUT2D eigenvalue weighted by molar-refractivity contribution is 6.04. The van der Waals surface area contributed by atoms with Gasteiger partial charge in [-0.1, -0.05) is 42.5 Å². The van der Waals surface area contributed by atoms with Gasteiger partial charge in [0.05, 0.1) is 5.41 Å². The van der Waals surface area contributed by atoms with Crippen molar-refractivity contribution >= 4 is 11.9 Å². The van der Waals surface area contributed by atoms with Gasteiger partial charge >= 0.3 is 0 Å². The molecule has 1 aromatic rings. The molecule has 0 bridgehead atoms. The molecule has 1 aliphatic rings. The minimum Gasteiger partial charge on any atom is -0.294 e. The van der Waals surface area contributed by atoms with Crippen molar-refractivity contribution in [2.75, 3.05) is 0 Å².